The number of hydrogen-bond donors (Lipinski definition) is 2. The Morgan fingerprint density at radius 3 is 2.50 bits per heavy atom. The van der Waals surface area contributed by atoms with E-state index in [0.29, 0.717) is 34.9 Å². The van der Waals surface area contributed by atoms with Crippen molar-refractivity contribution in [3.63, 3.8) is 0 Å². The van der Waals surface area contributed by atoms with E-state index in [-0.39, 0.29) is 23.5 Å². The van der Waals surface area contributed by atoms with Gasteiger partial charge in [-0.05, 0) is 46.2 Å². The molecule has 1 amide bonds. The number of methoxy groups -OCH3 is 1. The minimum atomic E-state index is -0.548. The van der Waals surface area contributed by atoms with Crippen LogP contribution in [0.5, 0.6) is 5.75 Å². The lowest BCUT2D eigenvalue weighted by Crippen LogP contribution is -2.29. The maximum Gasteiger partial charge on any atom is 0.342 e. The SMILES string of the molecule is C=CC(=O)Nc1cc(Nc2ncc(C(=O)OC(C)C)c(-c3cn(OC)c4ccccc34)n2)c(OC)cc1N(C)CCN(C)C. The Labute approximate surface area is 257 Å². The number of likely N-dealkylation sites (N-methyl/N-ethyl adjacent to an activating group) is 2. The van der Waals surface area contributed by atoms with Crippen LogP contribution in [-0.2, 0) is 9.53 Å². The number of benzene rings is 2. The number of fused-ring (bicyclic) bond motifs is 1. The van der Waals surface area contributed by atoms with E-state index in [9.17, 15) is 9.59 Å². The highest BCUT2D eigenvalue weighted by atomic mass is 16.6. The van der Waals surface area contributed by atoms with Crippen molar-refractivity contribution in [3.05, 3.63) is 67.0 Å². The van der Waals surface area contributed by atoms with E-state index in [1.54, 1.807) is 45.1 Å². The number of aromatic nitrogens is 3. The molecule has 0 aliphatic rings. The normalized spacial score (nSPS) is 11.0. The molecule has 0 atom stereocenters. The number of esters is 1. The quantitative estimate of drug-likeness (QED) is 0.166. The maximum atomic E-state index is 13.2. The Balaban J connectivity index is 1.83. The van der Waals surface area contributed by atoms with Crippen molar-refractivity contribution in [1.29, 1.82) is 0 Å². The van der Waals surface area contributed by atoms with Gasteiger partial charge >= 0.3 is 5.97 Å². The Morgan fingerprint density at radius 2 is 1.84 bits per heavy atom. The molecule has 0 aliphatic heterocycles. The maximum absolute atomic E-state index is 13.2. The highest BCUT2D eigenvalue weighted by Gasteiger charge is 2.23. The zero-order valence-corrected chi connectivity index (χ0v) is 26.2. The summed E-state index contributed by atoms with van der Waals surface area (Å²) in [6.45, 7) is 8.65. The molecule has 12 heteroatoms. The summed E-state index contributed by atoms with van der Waals surface area (Å²) in [5.41, 5.74) is 3.82. The van der Waals surface area contributed by atoms with E-state index in [0.717, 1.165) is 23.1 Å². The molecule has 2 aromatic heterocycles. The molecule has 0 radical (unpaired) electrons. The lowest BCUT2D eigenvalue weighted by atomic mass is 10.1. The van der Waals surface area contributed by atoms with Gasteiger partial charge in [-0.1, -0.05) is 24.8 Å². The third-order valence-corrected chi connectivity index (χ3v) is 6.78. The smallest absolute Gasteiger partial charge is 0.342 e. The first-order chi connectivity index (χ1) is 21.1. The van der Waals surface area contributed by atoms with Crippen LogP contribution in [0.15, 0.2) is 61.4 Å². The summed E-state index contributed by atoms with van der Waals surface area (Å²) in [6, 6.07) is 11.2. The summed E-state index contributed by atoms with van der Waals surface area (Å²) in [5.74, 6) is -0.210. The molecule has 2 aromatic carbocycles. The summed E-state index contributed by atoms with van der Waals surface area (Å²) < 4.78 is 12.9. The monoisotopic (exact) mass is 601 g/mol. The van der Waals surface area contributed by atoms with Crippen LogP contribution >= 0.6 is 0 Å². The van der Waals surface area contributed by atoms with Crippen LogP contribution in [0, 0.1) is 0 Å². The van der Waals surface area contributed by atoms with Gasteiger partial charge in [0.2, 0.25) is 11.9 Å². The van der Waals surface area contributed by atoms with Crippen LogP contribution in [-0.4, -0.2) is 86.0 Å². The Hall–Kier alpha value is -5.10. The zero-order chi connectivity index (χ0) is 32.0. The Bertz CT molecular complexity index is 1660. The van der Waals surface area contributed by atoms with Crippen molar-refractivity contribution in [2.45, 2.75) is 20.0 Å². The molecular formula is C32H39N7O5. The second-order valence-corrected chi connectivity index (χ2v) is 10.6. The average Bonchev–Trinajstić information content (AvgIpc) is 3.38. The minimum Gasteiger partial charge on any atom is -0.494 e. The second-order valence-electron chi connectivity index (χ2n) is 10.6. The van der Waals surface area contributed by atoms with Crippen LogP contribution in [0.4, 0.5) is 23.0 Å². The summed E-state index contributed by atoms with van der Waals surface area (Å²) in [5, 5.41) is 6.93. The summed E-state index contributed by atoms with van der Waals surface area (Å²) in [7, 11) is 9.06. The molecule has 2 heterocycles. The number of para-hydroxylation sites is 1. The molecule has 0 bridgehead atoms. The lowest BCUT2D eigenvalue weighted by Gasteiger charge is -2.26. The van der Waals surface area contributed by atoms with Gasteiger partial charge in [0.15, 0.2) is 0 Å². The summed E-state index contributed by atoms with van der Waals surface area (Å²) in [6.07, 6.45) is 4.08. The van der Waals surface area contributed by atoms with Gasteiger partial charge in [0.25, 0.3) is 0 Å². The number of ether oxygens (including phenoxy) is 2. The number of hydrogen-bond acceptors (Lipinski definition) is 10. The largest absolute Gasteiger partial charge is 0.494 e. The van der Waals surface area contributed by atoms with Gasteiger partial charge in [-0.15, -0.1) is 0 Å². The number of rotatable bonds is 13. The molecule has 0 spiro atoms. The van der Waals surface area contributed by atoms with Crippen LogP contribution in [0.3, 0.4) is 0 Å². The molecule has 12 nitrogen and oxygen atoms in total. The van der Waals surface area contributed by atoms with Crippen molar-refractivity contribution in [1.82, 2.24) is 19.6 Å². The Kier molecular flexibility index (Phi) is 10.1. The fraction of sp³-hybridized carbons (Fsp3) is 0.312. The molecular weight excluding hydrogens is 562 g/mol. The van der Waals surface area contributed by atoms with Crippen LogP contribution in [0.25, 0.3) is 22.2 Å². The van der Waals surface area contributed by atoms with Crippen molar-refractivity contribution in [3.8, 4) is 17.0 Å². The van der Waals surface area contributed by atoms with Gasteiger partial charge in [0, 0.05) is 43.4 Å². The molecule has 44 heavy (non-hydrogen) atoms. The van der Waals surface area contributed by atoms with E-state index in [4.69, 9.17) is 19.3 Å². The van der Waals surface area contributed by atoms with Crippen molar-refractivity contribution in [2.24, 2.45) is 0 Å². The molecule has 0 fully saturated rings. The first-order valence-corrected chi connectivity index (χ1v) is 14.1. The van der Waals surface area contributed by atoms with E-state index in [1.807, 2.05) is 56.4 Å². The van der Waals surface area contributed by atoms with E-state index in [1.165, 1.54) is 12.3 Å². The van der Waals surface area contributed by atoms with Crippen molar-refractivity contribution < 1.29 is 23.9 Å². The number of anilines is 4. The van der Waals surface area contributed by atoms with Crippen molar-refractivity contribution in [2.75, 3.05) is 64.0 Å². The second kappa shape index (κ2) is 13.9. The van der Waals surface area contributed by atoms with E-state index < -0.39 is 5.97 Å². The number of carbonyl (C=O) groups excluding carboxylic acids is 2. The summed E-state index contributed by atoms with van der Waals surface area (Å²) in [4.78, 5) is 44.4. The standard InChI is InChI=1S/C32H39N7O5/c1-9-29(40)34-24-16-25(28(42-7)17-27(24)38(6)15-14-37(4)5)35-32-33-18-22(31(41)44-20(2)3)30(36-32)23-19-39(43-8)26-13-11-10-12-21(23)26/h9-13,16-20H,1,14-15H2,2-8H3,(H,34,40)(H,33,35,36). The number of nitrogens with zero attached hydrogens (tertiary/aromatic N) is 5. The van der Waals surface area contributed by atoms with Gasteiger partial charge in [-0.25, -0.2) is 14.8 Å². The van der Waals surface area contributed by atoms with Gasteiger partial charge in [-0.3, -0.25) is 4.79 Å². The predicted molar refractivity (Wildman–Crippen MR) is 173 cm³/mol. The third-order valence-electron chi connectivity index (χ3n) is 6.78. The van der Waals surface area contributed by atoms with Crippen molar-refractivity contribution >= 4 is 45.8 Å². The molecule has 0 saturated heterocycles. The van der Waals surface area contributed by atoms with E-state index in [2.05, 4.69) is 27.1 Å². The van der Waals surface area contributed by atoms with Gasteiger partial charge in [0.1, 0.15) is 18.4 Å². The first kappa shape index (κ1) is 31.8. The van der Waals surface area contributed by atoms with Crippen LogP contribution in [0.2, 0.25) is 0 Å². The highest BCUT2D eigenvalue weighted by Crippen LogP contribution is 2.39. The molecule has 232 valence electrons. The minimum absolute atomic E-state index is 0.198. The fourth-order valence-electron chi connectivity index (χ4n) is 4.59. The molecule has 0 saturated carbocycles. The van der Waals surface area contributed by atoms with Crippen LogP contribution < -0.4 is 25.1 Å². The molecule has 4 rings (SSSR count). The number of nitrogens with one attached hydrogen (secondary N) is 2. The Morgan fingerprint density at radius 1 is 1.09 bits per heavy atom. The van der Waals surface area contributed by atoms with E-state index >= 15 is 0 Å². The molecule has 0 aliphatic carbocycles. The van der Waals surface area contributed by atoms with Crippen LogP contribution in [0.1, 0.15) is 24.2 Å². The highest BCUT2D eigenvalue weighted by molar-refractivity contribution is 6.03. The fourth-order valence-corrected chi connectivity index (χ4v) is 4.59. The topological polar surface area (TPSA) is 123 Å². The third kappa shape index (κ3) is 7.09. The lowest BCUT2D eigenvalue weighted by molar-refractivity contribution is -0.111. The average molecular weight is 602 g/mol. The van der Waals surface area contributed by atoms with Gasteiger partial charge < -0.3 is 34.7 Å². The van der Waals surface area contributed by atoms with Gasteiger partial charge in [0.05, 0.1) is 47.7 Å². The molecule has 4 aromatic rings. The molecule has 2 N–H and O–H groups in total. The molecule has 0 unspecified atom stereocenters. The number of amides is 1. The number of carbonyl (C=O) groups is 2. The van der Waals surface area contributed by atoms with Gasteiger partial charge in [-0.2, -0.15) is 4.73 Å². The zero-order valence-electron chi connectivity index (χ0n) is 26.2. The first-order valence-electron chi connectivity index (χ1n) is 14.1. The predicted octanol–water partition coefficient (Wildman–Crippen LogP) is 4.60. The summed E-state index contributed by atoms with van der Waals surface area (Å²) >= 11 is 0.